The van der Waals surface area contributed by atoms with Crippen molar-refractivity contribution in [2.24, 2.45) is 0 Å². The monoisotopic (exact) mass is 443 g/mol. The number of hydrogen-bond acceptors (Lipinski definition) is 5. The summed E-state index contributed by atoms with van der Waals surface area (Å²) in [5, 5.41) is 17.9. The van der Waals surface area contributed by atoms with Crippen LogP contribution in [0.2, 0.25) is 0 Å². The van der Waals surface area contributed by atoms with Crippen molar-refractivity contribution in [3.8, 4) is 12.1 Å². The van der Waals surface area contributed by atoms with Gasteiger partial charge in [0.2, 0.25) is 11.8 Å². The van der Waals surface area contributed by atoms with Gasteiger partial charge in [-0.05, 0) is 36.2 Å². The van der Waals surface area contributed by atoms with E-state index < -0.39 is 0 Å². The number of carbonyl (C=O) groups is 2. The molecule has 2 aromatic carbocycles. The summed E-state index contributed by atoms with van der Waals surface area (Å²) >= 11 is 0. The van der Waals surface area contributed by atoms with Gasteiger partial charge >= 0.3 is 0 Å². The number of para-hydroxylation sites is 1. The normalized spacial score (nSPS) is 14.1. The zero-order valence-electron chi connectivity index (χ0n) is 18.8. The molecule has 0 aliphatic carbocycles. The molecule has 1 aliphatic heterocycles. The first-order valence-corrected chi connectivity index (χ1v) is 11.3. The number of amides is 2. The quantitative estimate of drug-likeness (QED) is 0.624. The summed E-state index contributed by atoms with van der Waals surface area (Å²) < 4.78 is 0. The second-order valence-corrected chi connectivity index (χ2v) is 8.11. The average molecular weight is 444 g/mol. The highest BCUT2D eigenvalue weighted by atomic mass is 16.2. The molecule has 0 saturated carbocycles. The molecule has 7 nitrogen and oxygen atoms in total. The third-order valence-corrected chi connectivity index (χ3v) is 5.80. The maximum Gasteiger partial charge on any atom is 0.227 e. The van der Waals surface area contributed by atoms with Gasteiger partial charge in [0, 0.05) is 57.8 Å². The van der Waals surface area contributed by atoms with Crippen LogP contribution < -0.4 is 4.90 Å². The molecule has 170 valence electrons. The van der Waals surface area contributed by atoms with Gasteiger partial charge in [-0.3, -0.25) is 14.5 Å². The van der Waals surface area contributed by atoms with E-state index >= 15 is 0 Å². The van der Waals surface area contributed by atoms with Crippen molar-refractivity contribution in [1.82, 2.24) is 9.80 Å². The Balaban J connectivity index is 1.50. The highest BCUT2D eigenvalue weighted by Crippen LogP contribution is 2.17. The molecule has 1 saturated heterocycles. The van der Waals surface area contributed by atoms with Crippen molar-refractivity contribution in [2.45, 2.75) is 32.2 Å². The molecule has 2 aromatic rings. The molecule has 1 aliphatic rings. The molecular weight excluding hydrogens is 414 g/mol. The van der Waals surface area contributed by atoms with Crippen LogP contribution in [0.15, 0.2) is 54.6 Å². The Hall–Kier alpha value is -3.68. The first kappa shape index (κ1) is 24.0. The van der Waals surface area contributed by atoms with E-state index in [2.05, 4.69) is 17.0 Å². The number of carbonyl (C=O) groups excluding carboxylic acids is 2. The van der Waals surface area contributed by atoms with Gasteiger partial charge in [-0.2, -0.15) is 10.5 Å². The summed E-state index contributed by atoms with van der Waals surface area (Å²) in [7, 11) is 0. The van der Waals surface area contributed by atoms with Crippen molar-refractivity contribution < 1.29 is 9.59 Å². The minimum absolute atomic E-state index is 0.00290. The summed E-state index contributed by atoms with van der Waals surface area (Å²) in [5.41, 5.74) is 2.55. The molecule has 1 heterocycles. The second kappa shape index (κ2) is 12.4. The number of nitriles is 2. The first-order valence-electron chi connectivity index (χ1n) is 11.3. The van der Waals surface area contributed by atoms with Gasteiger partial charge in [0.25, 0.3) is 0 Å². The van der Waals surface area contributed by atoms with Gasteiger partial charge in [-0.15, -0.1) is 0 Å². The van der Waals surface area contributed by atoms with E-state index in [1.165, 1.54) is 0 Å². The topological polar surface area (TPSA) is 91.4 Å². The van der Waals surface area contributed by atoms with Gasteiger partial charge in [-0.25, -0.2) is 0 Å². The molecule has 0 bridgehead atoms. The predicted octanol–water partition coefficient (Wildman–Crippen LogP) is 3.32. The molecule has 0 spiro atoms. The van der Waals surface area contributed by atoms with Crippen LogP contribution in [-0.2, 0) is 16.1 Å². The lowest BCUT2D eigenvalue weighted by Gasteiger charge is -2.24. The maximum atomic E-state index is 12.8. The minimum atomic E-state index is -0.137. The molecule has 33 heavy (non-hydrogen) atoms. The van der Waals surface area contributed by atoms with Gasteiger partial charge in [-0.1, -0.05) is 30.3 Å². The third-order valence-electron chi connectivity index (χ3n) is 5.80. The lowest BCUT2D eigenvalue weighted by molar-refractivity contribution is -0.133. The average Bonchev–Trinajstić information content (AvgIpc) is 3.09. The largest absolute Gasteiger partial charge is 0.341 e. The Labute approximate surface area is 195 Å². The highest BCUT2D eigenvalue weighted by Gasteiger charge is 2.22. The van der Waals surface area contributed by atoms with Crippen LogP contribution in [0.1, 0.15) is 36.8 Å². The molecule has 0 unspecified atom stereocenters. The number of rotatable bonds is 8. The Morgan fingerprint density at radius 3 is 2.36 bits per heavy atom. The lowest BCUT2D eigenvalue weighted by atomic mass is 10.1. The highest BCUT2D eigenvalue weighted by molar-refractivity contribution is 5.95. The smallest absolute Gasteiger partial charge is 0.227 e. The summed E-state index contributed by atoms with van der Waals surface area (Å²) in [6.45, 7) is 4.11. The second-order valence-electron chi connectivity index (χ2n) is 8.11. The molecule has 0 atom stereocenters. The summed E-state index contributed by atoms with van der Waals surface area (Å²) in [6.07, 6.45) is 1.43. The third kappa shape index (κ3) is 7.17. The summed E-state index contributed by atoms with van der Waals surface area (Å²) in [4.78, 5) is 31.4. The van der Waals surface area contributed by atoms with Gasteiger partial charge in [0.15, 0.2) is 0 Å². The minimum Gasteiger partial charge on any atom is -0.341 e. The molecular formula is C26H29N5O2. The SMILES string of the molecule is N#CCCN(C(=O)CCC(=O)N1CCCN(Cc2ccc(C#N)cc2)CC1)c1ccccc1. The standard InChI is InChI=1S/C26H29N5O2/c27-14-4-17-31(24-6-2-1-3-7-24)26(33)13-12-25(32)30-16-5-15-29(18-19-30)21-23-10-8-22(20-28)9-11-23/h1-3,6-11H,4-5,12-13,15-19,21H2. The summed E-state index contributed by atoms with van der Waals surface area (Å²) in [6, 6.07) is 21.1. The van der Waals surface area contributed by atoms with Crippen LogP contribution in [0, 0.1) is 22.7 Å². The zero-order valence-corrected chi connectivity index (χ0v) is 18.8. The van der Waals surface area contributed by atoms with Gasteiger partial charge < -0.3 is 9.80 Å². The van der Waals surface area contributed by atoms with Gasteiger partial charge in [0.05, 0.1) is 24.1 Å². The number of anilines is 1. The van der Waals surface area contributed by atoms with Crippen molar-refractivity contribution in [2.75, 3.05) is 37.6 Å². The van der Waals surface area contributed by atoms with Crippen molar-refractivity contribution in [1.29, 1.82) is 10.5 Å². The van der Waals surface area contributed by atoms with E-state index in [0.717, 1.165) is 37.3 Å². The van der Waals surface area contributed by atoms with E-state index in [1.54, 1.807) is 4.90 Å². The molecule has 0 aromatic heterocycles. The Morgan fingerprint density at radius 2 is 1.67 bits per heavy atom. The van der Waals surface area contributed by atoms with Crippen LogP contribution in [0.5, 0.6) is 0 Å². The Morgan fingerprint density at radius 1 is 0.909 bits per heavy atom. The molecule has 2 amide bonds. The van der Waals surface area contributed by atoms with Crippen LogP contribution in [0.3, 0.4) is 0 Å². The van der Waals surface area contributed by atoms with Crippen LogP contribution >= 0.6 is 0 Å². The molecule has 7 heteroatoms. The van der Waals surface area contributed by atoms with Gasteiger partial charge in [0.1, 0.15) is 0 Å². The van der Waals surface area contributed by atoms with E-state index in [1.807, 2.05) is 59.5 Å². The molecule has 1 fully saturated rings. The van der Waals surface area contributed by atoms with E-state index in [0.29, 0.717) is 25.2 Å². The molecule has 0 N–H and O–H groups in total. The van der Waals surface area contributed by atoms with Crippen LogP contribution in [-0.4, -0.2) is 54.3 Å². The van der Waals surface area contributed by atoms with Crippen LogP contribution in [0.25, 0.3) is 0 Å². The van der Waals surface area contributed by atoms with E-state index in [-0.39, 0.29) is 31.1 Å². The molecule has 0 radical (unpaired) electrons. The van der Waals surface area contributed by atoms with E-state index in [9.17, 15) is 9.59 Å². The number of nitrogens with zero attached hydrogens (tertiary/aromatic N) is 5. The predicted molar refractivity (Wildman–Crippen MR) is 126 cm³/mol. The molecule has 3 rings (SSSR count). The zero-order chi connectivity index (χ0) is 23.5. The number of hydrogen-bond donors (Lipinski definition) is 0. The number of benzene rings is 2. The van der Waals surface area contributed by atoms with Crippen molar-refractivity contribution in [3.05, 3.63) is 65.7 Å². The van der Waals surface area contributed by atoms with Crippen molar-refractivity contribution >= 4 is 17.5 Å². The fraction of sp³-hybridized carbons (Fsp3) is 0.385. The first-order chi connectivity index (χ1) is 16.1. The summed E-state index contributed by atoms with van der Waals surface area (Å²) in [5.74, 6) is -0.140. The lowest BCUT2D eigenvalue weighted by Crippen LogP contribution is -2.37. The fourth-order valence-corrected chi connectivity index (χ4v) is 4.00. The van der Waals surface area contributed by atoms with Crippen LogP contribution in [0.4, 0.5) is 5.69 Å². The Bertz CT molecular complexity index is 1010. The fourth-order valence-electron chi connectivity index (χ4n) is 4.00. The maximum absolute atomic E-state index is 12.8. The van der Waals surface area contributed by atoms with E-state index in [4.69, 9.17) is 10.5 Å². The Kier molecular flexibility index (Phi) is 8.99. The van der Waals surface area contributed by atoms with Crippen molar-refractivity contribution in [3.63, 3.8) is 0 Å².